The van der Waals surface area contributed by atoms with Gasteiger partial charge in [-0.2, -0.15) is 0 Å². The van der Waals surface area contributed by atoms with Crippen LogP contribution in [0, 0.1) is 5.82 Å². The molecule has 110 valence electrons. The maximum atomic E-state index is 14.2. The molecule has 0 radical (unpaired) electrons. The van der Waals surface area contributed by atoms with Crippen LogP contribution in [-0.2, 0) is 6.54 Å². The van der Waals surface area contributed by atoms with Crippen molar-refractivity contribution in [3.63, 3.8) is 0 Å². The van der Waals surface area contributed by atoms with E-state index < -0.39 is 0 Å². The lowest BCUT2D eigenvalue weighted by molar-refractivity contribution is 0.289. The van der Waals surface area contributed by atoms with E-state index in [2.05, 4.69) is 5.32 Å². The van der Waals surface area contributed by atoms with E-state index in [9.17, 15) is 4.39 Å². The van der Waals surface area contributed by atoms with Gasteiger partial charge in [0, 0.05) is 29.2 Å². The molecule has 2 aromatic rings. The van der Waals surface area contributed by atoms with E-state index in [0.717, 1.165) is 24.0 Å². The van der Waals surface area contributed by atoms with Gasteiger partial charge in [0.25, 0.3) is 0 Å². The van der Waals surface area contributed by atoms with Crippen LogP contribution in [0.25, 0.3) is 11.1 Å². The minimum Gasteiger partial charge on any atom is -0.328 e. The fourth-order valence-corrected chi connectivity index (χ4v) is 2.72. The van der Waals surface area contributed by atoms with Crippen molar-refractivity contribution in [1.82, 2.24) is 5.32 Å². The molecule has 0 amide bonds. The topological polar surface area (TPSA) is 38.0 Å². The fourth-order valence-electron chi connectivity index (χ4n) is 2.60. The van der Waals surface area contributed by atoms with Crippen LogP contribution >= 0.6 is 11.6 Å². The van der Waals surface area contributed by atoms with Crippen LogP contribution in [0.4, 0.5) is 4.39 Å². The monoisotopic (exact) mass is 304 g/mol. The van der Waals surface area contributed by atoms with Crippen LogP contribution in [0.3, 0.4) is 0 Å². The normalized spacial score (nSPS) is 21.1. The maximum Gasteiger partial charge on any atom is 0.128 e. The van der Waals surface area contributed by atoms with Crippen molar-refractivity contribution >= 4 is 11.6 Å². The van der Waals surface area contributed by atoms with Crippen molar-refractivity contribution in [2.75, 3.05) is 0 Å². The Hall–Kier alpha value is -1.42. The molecule has 21 heavy (non-hydrogen) atoms. The van der Waals surface area contributed by atoms with E-state index in [1.807, 2.05) is 36.4 Å². The Labute approximate surface area is 129 Å². The van der Waals surface area contributed by atoms with Gasteiger partial charge in [0.2, 0.25) is 0 Å². The van der Waals surface area contributed by atoms with Crippen LogP contribution in [0.15, 0.2) is 42.5 Å². The van der Waals surface area contributed by atoms with Crippen LogP contribution < -0.4 is 11.1 Å². The molecule has 1 aliphatic rings. The number of benzene rings is 2. The Morgan fingerprint density at radius 2 is 1.76 bits per heavy atom. The van der Waals surface area contributed by atoms with Gasteiger partial charge in [0.1, 0.15) is 5.82 Å². The van der Waals surface area contributed by atoms with Crippen molar-refractivity contribution in [3.05, 3.63) is 58.9 Å². The van der Waals surface area contributed by atoms with Crippen molar-refractivity contribution in [2.45, 2.75) is 31.5 Å². The molecule has 3 N–H and O–H groups in total. The molecule has 2 aromatic carbocycles. The summed E-state index contributed by atoms with van der Waals surface area (Å²) in [4.78, 5) is 0. The first-order valence-corrected chi connectivity index (χ1v) is 7.53. The number of hydrogen-bond acceptors (Lipinski definition) is 2. The number of hydrogen-bond donors (Lipinski definition) is 2. The lowest BCUT2D eigenvalue weighted by atomic mass is 9.87. The zero-order chi connectivity index (χ0) is 14.8. The van der Waals surface area contributed by atoms with E-state index >= 15 is 0 Å². The average Bonchev–Trinajstić information content (AvgIpc) is 2.44. The third-order valence-electron chi connectivity index (χ3n) is 3.99. The highest BCUT2D eigenvalue weighted by atomic mass is 35.5. The Bertz CT molecular complexity index is 621. The highest BCUT2D eigenvalue weighted by molar-refractivity contribution is 6.30. The minimum absolute atomic E-state index is 0.182. The summed E-state index contributed by atoms with van der Waals surface area (Å²) in [7, 11) is 0. The average molecular weight is 305 g/mol. The van der Waals surface area contributed by atoms with Crippen LogP contribution in [0.1, 0.15) is 18.4 Å². The van der Waals surface area contributed by atoms with Gasteiger partial charge in [-0.3, -0.25) is 0 Å². The standard InChI is InChI=1S/C17H18ClFN2/c18-14-5-3-11(4-6-14)12-1-2-13(17(19)7-12)10-21-16-8-15(20)9-16/h1-7,15-16,21H,8-10,20H2. The van der Waals surface area contributed by atoms with E-state index in [0.29, 0.717) is 29.2 Å². The number of halogens is 2. The van der Waals surface area contributed by atoms with Gasteiger partial charge in [0.15, 0.2) is 0 Å². The fraction of sp³-hybridized carbons (Fsp3) is 0.294. The van der Waals surface area contributed by atoms with Gasteiger partial charge in [-0.1, -0.05) is 35.9 Å². The smallest absolute Gasteiger partial charge is 0.128 e. The summed E-state index contributed by atoms with van der Waals surface area (Å²) in [6, 6.07) is 13.5. The molecule has 0 unspecified atom stereocenters. The van der Waals surface area contributed by atoms with E-state index in [-0.39, 0.29) is 5.82 Å². The van der Waals surface area contributed by atoms with Crippen molar-refractivity contribution in [2.24, 2.45) is 5.73 Å². The Morgan fingerprint density at radius 3 is 2.38 bits per heavy atom. The molecule has 0 saturated heterocycles. The predicted molar refractivity (Wildman–Crippen MR) is 84.7 cm³/mol. The highest BCUT2D eigenvalue weighted by Gasteiger charge is 2.25. The number of rotatable bonds is 4. The lowest BCUT2D eigenvalue weighted by Gasteiger charge is -2.33. The summed E-state index contributed by atoms with van der Waals surface area (Å²) in [5, 5.41) is 4.02. The Balaban J connectivity index is 1.69. The first kappa shape index (κ1) is 14.5. The zero-order valence-electron chi connectivity index (χ0n) is 11.7. The predicted octanol–water partition coefficient (Wildman–Crippen LogP) is 3.73. The largest absolute Gasteiger partial charge is 0.328 e. The summed E-state index contributed by atoms with van der Waals surface area (Å²) < 4.78 is 14.2. The molecule has 1 fully saturated rings. The Kier molecular flexibility index (Phi) is 4.24. The van der Waals surface area contributed by atoms with Gasteiger partial charge < -0.3 is 11.1 Å². The minimum atomic E-state index is -0.182. The van der Waals surface area contributed by atoms with Gasteiger partial charge in [0.05, 0.1) is 0 Å². The number of nitrogens with one attached hydrogen (secondary N) is 1. The maximum absolute atomic E-state index is 14.2. The molecule has 3 rings (SSSR count). The zero-order valence-corrected chi connectivity index (χ0v) is 12.4. The first-order chi connectivity index (χ1) is 10.1. The third kappa shape index (κ3) is 3.43. The second-order valence-electron chi connectivity index (χ2n) is 5.62. The molecule has 0 heterocycles. The van der Waals surface area contributed by atoms with Crippen LogP contribution in [-0.4, -0.2) is 12.1 Å². The molecule has 0 aliphatic heterocycles. The molecule has 0 atom stereocenters. The van der Waals surface area contributed by atoms with Gasteiger partial charge in [-0.25, -0.2) is 4.39 Å². The quantitative estimate of drug-likeness (QED) is 0.903. The molecule has 1 saturated carbocycles. The molecule has 4 heteroatoms. The van der Waals surface area contributed by atoms with E-state index in [1.54, 1.807) is 6.07 Å². The van der Waals surface area contributed by atoms with Gasteiger partial charge in [-0.05, 0) is 42.2 Å². The first-order valence-electron chi connectivity index (χ1n) is 7.15. The van der Waals surface area contributed by atoms with E-state index in [1.165, 1.54) is 0 Å². The summed E-state index contributed by atoms with van der Waals surface area (Å²) in [6.45, 7) is 0.546. The Morgan fingerprint density at radius 1 is 1.10 bits per heavy atom. The van der Waals surface area contributed by atoms with Crippen LogP contribution in [0.5, 0.6) is 0 Å². The van der Waals surface area contributed by atoms with Crippen molar-refractivity contribution < 1.29 is 4.39 Å². The molecular formula is C17H18ClFN2. The molecule has 1 aliphatic carbocycles. The summed E-state index contributed by atoms with van der Waals surface area (Å²) in [5.41, 5.74) is 8.25. The SMILES string of the molecule is NC1CC(NCc2ccc(-c3ccc(Cl)cc3)cc2F)C1. The van der Waals surface area contributed by atoms with Crippen molar-refractivity contribution in [3.8, 4) is 11.1 Å². The molecule has 0 bridgehead atoms. The van der Waals surface area contributed by atoms with E-state index in [4.69, 9.17) is 17.3 Å². The summed E-state index contributed by atoms with van der Waals surface area (Å²) in [6.07, 6.45) is 1.95. The van der Waals surface area contributed by atoms with Gasteiger partial charge >= 0.3 is 0 Å². The third-order valence-corrected chi connectivity index (χ3v) is 4.24. The second kappa shape index (κ2) is 6.14. The van der Waals surface area contributed by atoms with Crippen LogP contribution in [0.2, 0.25) is 5.02 Å². The molecule has 0 aromatic heterocycles. The lowest BCUT2D eigenvalue weighted by Crippen LogP contribution is -2.48. The number of nitrogens with two attached hydrogens (primary N) is 1. The van der Waals surface area contributed by atoms with Gasteiger partial charge in [-0.15, -0.1) is 0 Å². The molecule has 0 spiro atoms. The molecular weight excluding hydrogens is 287 g/mol. The summed E-state index contributed by atoms with van der Waals surface area (Å²) >= 11 is 5.86. The molecule has 2 nitrogen and oxygen atoms in total. The summed E-state index contributed by atoms with van der Waals surface area (Å²) in [5.74, 6) is -0.182. The highest BCUT2D eigenvalue weighted by Crippen LogP contribution is 2.24. The van der Waals surface area contributed by atoms with Crippen molar-refractivity contribution in [1.29, 1.82) is 0 Å². The second-order valence-corrected chi connectivity index (χ2v) is 6.06.